The summed E-state index contributed by atoms with van der Waals surface area (Å²) >= 11 is 0. The molecule has 3 aromatic carbocycles. The second-order valence-corrected chi connectivity index (χ2v) is 32.7. The van der Waals surface area contributed by atoms with Gasteiger partial charge in [0.1, 0.15) is 23.6 Å². The van der Waals surface area contributed by atoms with Crippen LogP contribution < -0.4 is 5.32 Å². The molecule has 87 heavy (non-hydrogen) atoms. The molecule has 1 aliphatic heterocycles. The highest BCUT2D eigenvalue weighted by Crippen LogP contribution is 2.81. The van der Waals surface area contributed by atoms with E-state index in [9.17, 15) is 25.2 Å². The molecule has 10 saturated carbocycles. The maximum atomic E-state index is 15.8. The molecule has 24 unspecified atom stereocenters. The van der Waals surface area contributed by atoms with Gasteiger partial charge in [-0.05, 0) is 252 Å². The Kier molecular flexibility index (Phi) is 13.0. The fraction of sp³-hybridized carbons (Fsp3) is 0.688. The molecule has 0 aromatic heterocycles. The lowest BCUT2D eigenvalue weighted by molar-refractivity contribution is -0.386. The molecule has 10 heteroatoms. The molecule has 7 N–H and O–H groups in total. The van der Waals surface area contributed by atoms with Gasteiger partial charge in [0, 0.05) is 57.6 Å². The van der Waals surface area contributed by atoms with Gasteiger partial charge in [0.05, 0.1) is 29.8 Å². The van der Waals surface area contributed by atoms with Crippen LogP contribution in [0.4, 0.5) is 0 Å². The first-order valence-corrected chi connectivity index (χ1v) is 35.1. The summed E-state index contributed by atoms with van der Waals surface area (Å²) < 4.78 is 6.61. The van der Waals surface area contributed by atoms with E-state index in [0.717, 1.165) is 118 Å². The first kappa shape index (κ1) is 56.8. The number of hydrogen-bond donors (Lipinski definition) is 7. The van der Waals surface area contributed by atoms with Gasteiger partial charge >= 0.3 is 5.97 Å². The molecule has 1 heterocycles. The number of aliphatic hydroxyl groups excluding tert-OH is 3. The number of hydrogen-bond acceptors (Lipinski definition) is 10. The molecular weight excluding hydrogens is 1080 g/mol. The summed E-state index contributed by atoms with van der Waals surface area (Å²) in [6.45, 7) is 2.24. The number of aldehydes is 1. The van der Waals surface area contributed by atoms with Crippen molar-refractivity contribution in [3.8, 4) is 11.8 Å². The van der Waals surface area contributed by atoms with Gasteiger partial charge in [0.25, 0.3) is 0 Å². The standard InChI is InChI=1S/C77H95NO9/c1-43(45-9-3-4-10-45)47-17-21-62-69(82)72-26-23-52-30-49(18-20-61(52)72)48-12-5-8-44(28-48)29-50-13-7-14-51-31-55-37-71(36-53(55)16-19-57(50)51)25-22-46-11-6-15-54(39-79)58(46)34-64(78-2)59-32-56-38-75(84)73(40-71,67(56)60-35-66(81)87-68(59)60)27-24-65-74(41-72,42-80)76(62,85)63(33-47)70(83)77(65,75)86/h5-8,11-15,28,35,42-43,45,47,49,52-53,55-56,59,61-65,67-70,78-79,82-86H,3-4,9-10,16-21,23-24,26-27,29-34,36-41H2,1-2H3. The number of nitrogens with one attached hydrogen (secondary N) is 1. The largest absolute Gasteiger partial charge is 0.454 e. The first-order valence-electron chi connectivity index (χ1n) is 35.1. The lowest BCUT2D eigenvalue weighted by Gasteiger charge is -2.75. The van der Waals surface area contributed by atoms with E-state index in [0.29, 0.717) is 62.2 Å². The van der Waals surface area contributed by atoms with Gasteiger partial charge in [-0.15, -0.1) is 0 Å². The van der Waals surface area contributed by atoms with Gasteiger partial charge in [0.15, 0.2) is 0 Å². The number of fused-ring (bicyclic) bond motifs is 1. The zero-order chi connectivity index (χ0) is 59.4. The number of rotatable bonds is 5. The molecule has 3 aromatic rings. The molecule has 10 fully saturated rings. The van der Waals surface area contributed by atoms with Crippen molar-refractivity contribution >= 4 is 12.3 Å². The van der Waals surface area contributed by atoms with Crippen molar-refractivity contribution in [1.29, 1.82) is 0 Å². The summed E-state index contributed by atoms with van der Waals surface area (Å²) in [5, 5.41) is 89.1. The van der Waals surface area contributed by atoms with Crippen LogP contribution in [-0.4, -0.2) is 91.1 Å². The SMILES string of the molecule is CNC1Cc2c(cccc2CO)C#CC23CC4CCc5c(cccc5CC4C2)Cc2cccc(c2)C2CCC4C(CCC45CC4(C=O)C6CCC7(C3)C3C8=CC(=O)OC8C1CC3CC7(O)C6(O)C(O)C1CC(C(C)C3CCCC3)CCC(C5O)C14O)C2. The summed E-state index contributed by atoms with van der Waals surface area (Å²) in [6.07, 6.45) is 18.5. The van der Waals surface area contributed by atoms with E-state index in [1.54, 1.807) is 6.08 Å². The van der Waals surface area contributed by atoms with E-state index in [2.05, 4.69) is 72.6 Å². The number of aliphatic hydroxyl groups is 6. The zero-order valence-corrected chi connectivity index (χ0v) is 51.6. The van der Waals surface area contributed by atoms with Crippen LogP contribution in [0.3, 0.4) is 0 Å². The molecule has 10 nitrogen and oxygen atoms in total. The quantitative estimate of drug-likeness (QED) is 0.0740. The van der Waals surface area contributed by atoms with Crippen LogP contribution in [0.25, 0.3) is 0 Å². The summed E-state index contributed by atoms with van der Waals surface area (Å²) in [4.78, 5) is 30.1. The van der Waals surface area contributed by atoms with Gasteiger partial charge in [0.2, 0.25) is 0 Å². The maximum absolute atomic E-state index is 15.8. The van der Waals surface area contributed by atoms with Crippen molar-refractivity contribution < 1.29 is 45.0 Å². The van der Waals surface area contributed by atoms with Gasteiger partial charge in [-0.25, -0.2) is 4.79 Å². The smallest absolute Gasteiger partial charge is 0.331 e. The van der Waals surface area contributed by atoms with Crippen molar-refractivity contribution in [1.82, 2.24) is 5.32 Å². The molecule has 24 atom stereocenters. The predicted molar refractivity (Wildman–Crippen MR) is 330 cm³/mol. The Morgan fingerprint density at radius 3 is 2.38 bits per heavy atom. The number of benzene rings is 3. The Hall–Kier alpha value is -4.18. The minimum absolute atomic E-state index is 0.0655. The van der Waals surface area contributed by atoms with Crippen LogP contribution in [0.2, 0.25) is 0 Å². The number of ether oxygens (including phenoxy) is 1. The molecule has 0 radical (unpaired) electrons. The molecular formula is C77H95NO9. The van der Waals surface area contributed by atoms with Gasteiger partial charge < -0.3 is 45.5 Å². The Morgan fingerprint density at radius 2 is 1.55 bits per heavy atom. The van der Waals surface area contributed by atoms with Crippen LogP contribution >= 0.6 is 0 Å². The Balaban J connectivity index is 0.912. The molecule has 0 saturated heterocycles. The lowest BCUT2D eigenvalue weighted by atomic mass is 9.32. The van der Waals surface area contributed by atoms with E-state index in [1.165, 1.54) is 40.7 Å². The highest BCUT2D eigenvalue weighted by Gasteiger charge is 2.87. The van der Waals surface area contributed by atoms with E-state index < -0.39 is 80.4 Å². The lowest BCUT2D eigenvalue weighted by Crippen LogP contribution is -2.86. The third-order valence-electron chi connectivity index (χ3n) is 30.1. The molecule has 3 spiro atoms. The average molecular weight is 1180 g/mol. The van der Waals surface area contributed by atoms with E-state index in [1.807, 2.05) is 19.2 Å². The number of carbonyl (C=O) groups excluding carboxylic acids is 2. The summed E-state index contributed by atoms with van der Waals surface area (Å²) in [7, 11) is 1.97. The summed E-state index contributed by atoms with van der Waals surface area (Å²) in [5.41, 5.74) is 0.346. The third kappa shape index (κ3) is 7.55. The predicted octanol–water partition coefficient (Wildman–Crippen LogP) is 10.4. The van der Waals surface area contributed by atoms with Crippen LogP contribution in [-0.2, 0) is 46.6 Å². The van der Waals surface area contributed by atoms with Crippen LogP contribution in [0.1, 0.15) is 192 Å². The van der Waals surface area contributed by atoms with E-state index in [4.69, 9.17) is 4.74 Å². The minimum Gasteiger partial charge on any atom is -0.454 e. The van der Waals surface area contributed by atoms with Crippen LogP contribution in [0.15, 0.2) is 72.3 Å². The van der Waals surface area contributed by atoms with E-state index in [-0.39, 0.29) is 73.4 Å². The van der Waals surface area contributed by atoms with Crippen LogP contribution in [0.5, 0.6) is 0 Å². The third-order valence-corrected chi connectivity index (χ3v) is 30.1. The Labute approximate surface area is 515 Å². The first-order chi connectivity index (χ1) is 42.0. The van der Waals surface area contributed by atoms with Crippen molar-refractivity contribution in [2.45, 2.75) is 221 Å². The molecule has 19 aliphatic rings. The highest BCUT2D eigenvalue weighted by atomic mass is 16.5. The topological polar surface area (TPSA) is 177 Å². The minimum atomic E-state index is -2.28. The van der Waals surface area contributed by atoms with E-state index >= 15 is 15.0 Å². The zero-order valence-electron chi connectivity index (χ0n) is 51.6. The second-order valence-electron chi connectivity index (χ2n) is 32.7. The van der Waals surface area contributed by atoms with Gasteiger partial charge in [-0.2, -0.15) is 0 Å². The monoisotopic (exact) mass is 1180 g/mol. The fourth-order valence-corrected chi connectivity index (χ4v) is 26.8. The Morgan fingerprint density at radius 1 is 0.747 bits per heavy atom. The average Bonchev–Trinajstić information content (AvgIpc) is 1.63. The Bertz CT molecular complexity index is 3410. The number of carbonyl (C=O) groups is 2. The highest BCUT2D eigenvalue weighted by molar-refractivity contribution is 5.86. The molecule has 0 amide bonds. The normalized spacial score (nSPS) is 48.1. The van der Waals surface area contributed by atoms with Gasteiger partial charge in [-0.1, -0.05) is 99.0 Å². The maximum Gasteiger partial charge on any atom is 0.331 e. The summed E-state index contributed by atoms with van der Waals surface area (Å²) in [6, 6.07) is 22.3. The number of likely N-dealkylation sites (N-methyl/N-ethyl adjacent to an activating group) is 1. The van der Waals surface area contributed by atoms with Crippen LogP contribution in [0, 0.1) is 110 Å². The van der Waals surface area contributed by atoms with Crippen molar-refractivity contribution in [3.63, 3.8) is 0 Å². The molecule has 22 rings (SSSR count). The fourth-order valence-electron chi connectivity index (χ4n) is 26.8. The van der Waals surface area contributed by atoms with Crippen molar-refractivity contribution in [2.75, 3.05) is 7.05 Å². The summed E-state index contributed by atoms with van der Waals surface area (Å²) in [5.74, 6) is 6.23. The molecule has 462 valence electrons. The second kappa shape index (κ2) is 19.9. The molecule has 19 bridgehead atoms. The van der Waals surface area contributed by atoms with Crippen molar-refractivity contribution in [3.05, 3.63) is 117 Å². The van der Waals surface area contributed by atoms with Crippen molar-refractivity contribution in [2.24, 2.45) is 98.6 Å². The van der Waals surface area contributed by atoms with Gasteiger partial charge in [-0.3, -0.25) is 0 Å². The number of esters is 1. The molecule has 18 aliphatic carbocycles.